The molecule has 0 bridgehead atoms. The van der Waals surface area contributed by atoms with E-state index in [9.17, 15) is 9.59 Å². The van der Waals surface area contributed by atoms with E-state index >= 15 is 0 Å². The van der Waals surface area contributed by atoms with Gasteiger partial charge >= 0.3 is 0 Å². The molecule has 0 atom stereocenters. The molecule has 76 valence electrons. The van der Waals surface area contributed by atoms with Crippen molar-refractivity contribution in [2.75, 3.05) is 5.32 Å². The van der Waals surface area contributed by atoms with Gasteiger partial charge in [0.05, 0.1) is 5.69 Å². The Hall–Kier alpha value is -1.90. The van der Waals surface area contributed by atoms with E-state index in [1.165, 1.54) is 0 Å². The maximum atomic E-state index is 11.7. The average Bonchev–Trinajstić information content (AvgIpc) is 2.25. The molecule has 0 spiro atoms. The number of aryl methyl sites for hydroxylation is 1. The zero-order chi connectivity index (χ0) is 11.0. The third kappa shape index (κ3) is 1.68. The van der Waals surface area contributed by atoms with Crippen LogP contribution in [0.2, 0.25) is 0 Å². The van der Waals surface area contributed by atoms with Crippen molar-refractivity contribution >= 4 is 17.4 Å². The minimum atomic E-state index is -0.271. The summed E-state index contributed by atoms with van der Waals surface area (Å²) in [5, 5.41) is 2.68. The Bertz CT molecular complexity index is 475. The molecule has 1 aromatic rings. The topological polar surface area (TPSA) is 46.2 Å². The van der Waals surface area contributed by atoms with Gasteiger partial charge in [-0.05, 0) is 24.6 Å². The third-order valence-electron chi connectivity index (χ3n) is 2.42. The van der Waals surface area contributed by atoms with Crippen LogP contribution in [-0.2, 0) is 4.79 Å². The van der Waals surface area contributed by atoms with Crippen LogP contribution in [0, 0.1) is 6.92 Å². The predicted molar refractivity (Wildman–Crippen MR) is 57.9 cm³/mol. The predicted octanol–water partition coefficient (Wildman–Crippen LogP) is 2.08. The summed E-state index contributed by atoms with van der Waals surface area (Å²) in [6.45, 7) is 5.49. The van der Waals surface area contributed by atoms with Gasteiger partial charge in [-0.1, -0.05) is 12.6 Å². The van der Waals surface area contributed by atoms with Crippen LogP contribution in [0.5, 0.6) is 0 Å². The molecule has 0 aliphatic carbocycles. The molecule has 0 aromatic heterocycles. The average molecular weight is 201 g/mol. The maximum Gasteiger partial charge on any atom is 0.251 e. The van der Waals surface area contributed by atoms with Gasteiger partial charge in [-0.15, -0.1) is 0 Å². The molecule has 1 amide bonds. The number of nitrogens with one attached hydrogen (secondary N) is 1. The summed E-state index contributed by atoms with van der Waals surface area (Å²) in [4.78, 5) is 23.2. The fraction of sp³-hybridized carbons (Fsp3) is 0.167. The molecule has 1 heterocycles. The van der Waals surface area contributed by atoms with E-state index < -0.39 is 0 Å². The van der Waals surface area contributed by atoms with Crippen molar-refractivity contribution < 1.29 is 9.59 Å². The summed E-state index contributed by atoms with van der Waals surface area (Å²) >= 11 is 0. The lowest BCUT2D eigenvalue weighted by atomic mass is 10.0. The Kier molecular flexibility index (Phi) is 2.15. The number of anilines is 1. The lowest BCUT2D eigenvalue weighted by Gasteiger charge is -2.05. The van der Waals surface area contributed by atoms with Gasteiger partial charge in [0.25, 0.3) is 5.91 Å². The molecule has 1 aromatic carbocycles. The van der Waals surface area contributed by atoms with Crippen LogP contribution in [0.1, 0.15) is 22.3 Å². The Balaban J connectivity index is 2.55. The zero-order valence-corrected chi connectivity index (χ0v) is 8.46. The van der Waals surface area contributed by atoms with Gasteiger partial charge in [0.15, 0.2) is 5.78 Å². The van der Waals surface area contributed by atoms with Gasteiger partial charge in [0.1, 0.15) is 0 Å². The minimum Gasteiger partial charge on any atom is -0.322 e. The van der Waals surface area contributed by atoms with Crippen LogP contribution in [0.3, 0.4) is 0 Å². The number of carbonyl (C=O) groups is 2. The van der Waals surface area contributed by atoms with Crippen molar-refractivity contribution in [2.24, 2.45) is 0 Å². The SMILES string of the molecule is C=C1CC(=O)c2ccc(C)cc2NC1=O. The quantitative estimate of drug-likeness (QED) is 0.653. The first-order valence-electron chi connectivity index (χ1n) is 4.71. The van der Waals surface area contributed by atoms with Crippen LogP contribution in [-0.4, -0.2) is 11.7 Å². The smallest absolute Gasteiger partial charge is 0.251 e. The highest BCUT2D eigenvalue weighted by molar-refractivity contribution is 6.16. The Morgan fingerprint density at radius 2 is 2.07 bits per heavy atom. The molecule has 1 aliphatic heterocycles. The zero-order valence-electron chi connectivity index (χ0n) is 8.46. The standard InChI is InChI=1S/C12H11NO2/c1-7-3-4-9-10(5-7)13-12(15)8(2)6-11(9)14/h3-5H,2,6H2,1H3,(H,13,15). The second kappa shape index (κ2) is 3.35. The summed E-state index contributed by atoms with van der Waals surface area (Å²) < 4.78 is 0. The lowest BCUT2D eigenvalue weighted by Crippen LogP contribution is -2.11. The molecule has 3 heteroatoms. The molecule has 0 saturated heterocycles. The first kappa shape index (κ1) is 9.65. The van der Waals surface area contributed by atoms with E-state index in [1.54, 1.807) is 12.1 Å². The van der Waals surface area contributed by atoms with Crippen molar-refractivity contribution in [3.05, 3.63) is 41.5 Å². The fourth-order valence-corrected chi connectivity index (χ4v) is 1.58. The molecule has 0 radical (unpaired) electrons. The Morgan fingerprint density at radius 3 is 2.80 bits per heavy atom. The number of carbonyl (C=O) groups excluding carboxylic acids is 2. The summed E-state index contributed by atoms with van der Waals surface area (Å²) in [6.07, 6.45) is 0.0991. The van der Waals surface area contributed by atoms with Crippen molar-refractivity contribution in [1.82, 2.24) is 0 Å². The highest BCUT2D eigenvalue weighted by atomic mass is 16.2. The first-order valence-corrected chi connectivity index (χ1v) is 4.71. The van der Waals surface area contributed by atoms with E-state index in [-0.39, 0.29) is 18.1 Å². The number of Topliss-reactive ketones (excluding diaryl/α,β-unsaturated/α-hetero) is 1. The van der Waals surface area contributed by atoms with Crippen LogP contribution in [0.25, 0.3) is 0 Å². The largest absolute Gasteiger partial charge is 0.322 e. The van der Waals surface area contributed by atoms with Gasteiger partial charge in [-0.25, -0.2) is 0 Å². The van der Waals surface area contributed by atoms with E-state index in [2.05, 4.69) is 11.9 Å². The van der Waals surface area contributed by atoms with E-state index in [1.807, 2.05) is 13.0 Å². The highest BCUT2D eigenvalue weighted by Gasteiger charge is 2.21. The number of hydrogen-bond acceptors (Lipinski definition) is 2. The van der Waals surface area contributed by atoms with Crippen LogP contribution < -0.4 is 5.32 Å². The Labute approximate surface area is 87.8 Å². The summed E-state index contributed by atoms with van der Waals surface area (Å²) in [5.41, 5.74) is 2.47. The molecule has 0 fully saturated rings. The van der Waals surface area contributed by atoms with Gasteiger partial charge in [-0.2, -0.15) is 0 Å². The first-order chi connectivity index (χ1) is 7.08. The highest BCUT2D eigenvalue weighted by Crippen LogP contribution is 2.24. The molecule has 1 aliphatic rings. The third-order valence-corrected chi connectivity index (χ3v) is 2.42. The number of benzene rings is 1. The van der Waals surface area contributed by atoms with Gasteiger partial charge < -0.3 is 5.32 Å². The molecule has 0 saturated carbocycles. The molecular weight excluding hydrogens is 190 g/mol. The van der Waals surface area contributed by atoms with Crippen molar-refractivity contribution in [3.63, 3.8) is 0 Å². The van der Waals surface area contributed by atoms with Crippen LogP contribution >= 0.6 is 0 Å². The fourth-order valence-electron chi connectivity index (χ4n) is 1.58. The summed E-state index contributed by atoms with van der Waals surface area (Å²) in [7, 11) is 0. The second-order valence-corrected chi connectivity index (χ2v) is 3.71. The monoisotopic (exact) mass is 201 g/mol. The normalized spacial score (nSPS) is 15.7. The molecule has 0 unspecified atom stereocenters. The molecule has 1 N–H and O–H groups in total. The molecule has 2 rings (SSSR count). The van der Waals surface area contributed by atoms with Crippen molar-refractivity contribution in [2.45, 2.75) is 13.3 Å². The molecule has 15 heavy (non-hydrogen) atoms. The van der Waals surface area contributed by atoms with Crippen LogP contribution in [0.4, 0.5) is 5.69 Å². The Morgan fingerprint density at radius 1 is 1.33 bits per heavy atom. The minimum absolute atomic E-state index is 0.0617. The van der Waals surface area contributed by atoms with Crippen molar-refractivity contribution in [1.29, 1.82) is 0 Å². The number of hydrogen-bond donors (Lipinski definition) is 1. The molecular formula is C12H11NO2. The summed E-state index contributed by atoms with van der Waals surface area (Å²) in [6, 6.07) is 5.40. The van der Waals surface area contributed by atoms with Gasteiger partial charge in [0, 0.05) is 17.6 Å². The second-order valence-electron chi connectivity index (χ2n) is 3.71. The van der Waals surface area contributed by atoms with Crippen LogP contribution in [0.15, 0.2) is 30.4 Å². The van der Waals surface area contributed by atoms with Gasteiger partial charge in [-0.3, -0.25) is 9.59 Å². The number of amides is 1. The maximum absolute atomic E-state index is 11.7. The summed E-state index contributed by atoms with van der Waals surface area (Å²) in [5.74, 6) is -0.332. The molecule has 3 nitrogen and oxygen atoms in total. The number of fused-ring (bicyclic) bond motifs is 1. The van der Waals surface area contributed by atoms with Gasteiger partial charge in [0.2, 0.25) is 0 Å². The lowest BCUT2D eigenvalue weighted by molar-refractivity contribution is -0.112. The number of ketones is 1. The van der Waals surface area contributed by atoms with Crippen molar-refractivity contribution in [3.8, 4) is 0 Å². The number of rotatable bonds is 0. The van der Waals surface area contributed by atoms with E-state index in [0.717, 1.165) is 5.56 Å². The van der Waals surface area contributed by atoms with E-state index in [0.29, 0.717) is 16.8 Å². The van der Waals surface area contributed by atoms with E-state index in [4.69, 9.17) is 0 Å².